The van der Waals surface area contributed by atoms with Gasteiger partial charge in [-0.25, -0.2) is 13.2 Å². The number of ether oxygens (including phenoxy) is 1. The van der Waals surface area contributed by atoms with E-state index in [9.17, 15) is 70.3 Å². The third kappa shape index (κ3) is 4.13. The van der Waals surface area contributed by atoms with Crippen LogP contribution in [0, 0.1) is 0 Å². The van der Waals surface area contributed by atoms with Crippen LogP contribution in [0.4, 0.5) is 57.1 Å². The van der Waals surface area contributed by atoms with Crippen molar-refractivity contribution in [1.82, 2.24) is 4.72 Å². The summed E-state index contributed by atoms with van der Waals surface area (Å²) in [5.74, 6) is -24.6. The van der Waals surface area contributed by atoms with E-state index >= 15 is 0 Å². The molecule has 0 heterocycles. The second-order valence-electron chi connectivity index (χ2n) is 4.49. The molecule has 28 heavy (non-hydrogen) atoms. The van der Waals surface area contributed by atoms with Crippen LogP contribution in [0.25, 0.3) is 0 Å². The minimum Gasteiger partial charge on any atom is -0.403 e. The Labute approximate surface area is 145 Å². The number of esters is 1. The molecular weight excluding hydrogens is 465 g/mol. The van der Waals surface area contributed by atoms with E-state index in [1.165, 1.54) is 0 Å². The maximum atomic E-state index is 13.6. The molecule has 0 rings (SSSR count). The maximum absolute atomic E-state index is 13.6. The number of carbonyl (C=O) groups is 1. The van der Waals surface area contributed by atoms with Crippen molar-refractivity contribution in [2.45, 2.75) is 35.4 Å². The van der Waals surface area contributed by atoms with E-state index in [4.69, 9.17) is 0 Å². The number of hydrogen-bond donors (Lipinski definition) is 1. The Morgan fingerprint density at radius 1 is 0.786 bits per heavy atom. The van der Waals surface area contributed by atoms with Gasteiger partial charge in [-0.05, 0) is 0 Å². The van der Waals surface area contributed by atoms with E-state index < -0.39 is 56.1 Å². The molecule has 0 aliphatic carbocycles. The molecule has 0 spiro atoms. The van der Waals surface area contributed by atoms with Crippen LogP contribution in [0.5, 0.6) is 0 Å². The molecule has 0 bridgehead atoms. The van der Waals surface area contributed by atoms with Gasteiger partial charge in [0.25, 0.3) is 10.0 Å². The van der Waals surface area contributed by atoms with Crippen molar-refractivity contribution in [2.24, 2.45) is 0 Å². The quantitative estimate of drug-likeness (QED) is 0.204. The van der Waals surface area contributed by atoms with Gasteiger partial charge in [-0.2, -0.15) is 57.1 Å². The number of nitrogens with one attached hydrogen (secondary N) is 1. The zero-order valence-electron chi connectivity index (χ0n) is 12.2. The highest BCUT2D eigenvalue weighted by Gasteiger charge is 2.86. The lowest BCUT2D eigenvalue weighted by Gasteiger charge is -2.35. The van der Waals surface area contributed by atoms with Gasteiger partial charge >= 0.3 is 41.4 Å². The first-order valence-electron chi connectivity index (χ1n) is 5.76. The van der Waals surface area contributed by atoms with Gasteiger partial charge in [0, 0.05) is 6.08 Å². The molecule has 166 valence electrons. The van der Waals surface area contributed by atoms with Crippen molar-refractivity contribution in [3.05, 3.63) is 12.7 Å². The molecule has 1 N–H and O–H groups in total. The average molecular weight is 469 g/mol. The second kappa shape index (κ2) is 6.92. The Bertz CT molecular complexity index is 725. The molecule has 0 saturated heterocycles. The Hall–Kier alpha value is -1.79. The van der Waals surface area contributed by atoms with Gasteiger partial charge in [0.15, 0.2) is 0 Å². The Kier molecular flexibility index (Phi) is 6.48. The van der Waals surface area contributed by atoms with Gasteiger partial charge in [0.2, 0.25) is 0 Å². The molecule has 1 atom stereocenters. The highest BCUT2D eigenvalue weighted by Crippen LogP contribution is 2.55. The summed E-state index contributed by atoms with van der Waals surface area (Å²) in [6.45, 7) is 2.39. The average Bonchev–Trinajstić information content (AvgIpc) is 2.43. The smallest absolute Gasteiger partial charge is 0.403 e. The molecule has 0 aromatic heterocycles. The van der Waals surface area contributed by atoms with Crippen molar-refractivity contribution < 1.29 is 75.0 Å². The minimum atomic E-state index is -8.08. The van der Waals surface area contributed by atoms with Crippen LogP contribution < -0.4 is 4.72 Å². The molecule has 19 heteroatoms. The Balaban J connectivity index is 6.42. The van der Waals surface area contributed by atoms with Crippen molar-refractivity contribution in [2.75, 3.05) is 0 Å². The molecule has 5 nitrogen and oxygen atoms in total. The van der Waals surface area contributed by atoms with Gasteiger partial charge in [0.05, 0.1) is 0 Å². The monoisotopic (exact) mass is 469 g/mol. The lowest BCUT2D eigenvalue weighted by Crippen LogP contribution is -2.68. The van der Waals surface area contributed by atoms with Gasteiger partial charge in [-0.1, -0.05) is 6.58 Å². The fourth-order valence-corrected chi connectivity index (χ4v) is 2.18. The first-order chi connectivity index (χ1) is 11.9. The highest BCUT2D eigenvalue weighted by molar-refractivity contribution is 7.90. The van der Waals surface area contributed by atoms with E-state index in [0.717, 1.165) is 0 Å². The second-order valence-corrected chi connectivity index (χ2v) is 6.21. The van der Waals surface area contributed by atoms with Gasteiger partial charge < -0.3 is 4.74 Å². The van der Waals surface area contributed by atoms with Crippen LogP contribution in [0.2, 0.25) is 0 Å². The molecule has 0 amide bonds. The molecule has 1 unspecified atom stereocenters. The van der Waals surface area contributed by atoms with Crippen molar-refractivity contribution in [3.8, 4) is 0 Å². The van der Waals surface area contributed by atoms with Crippen LogP contribution in [0.1, 0.15) is 0 Å². The van der Waals surface area contributed by atoms with E-state index in [2.05, 4.69) is 11.3 Å². The minimum absolute atomic E-state index is 0.307. The summed E-state index contributed by atoms with van der Waals surface area (Å²) in [5, 5.41) is -7.71. The topological polar surface area (TPSA) is 72.5 Å². The molecule has 0 aliphatic heterocycles. The van der Waals surface area contributed by atoms with Crippen LogP contribution in [-0.4, -0.2) is 49.8 Å². The van der Waals surface area contributed by atoms with E-state index in [1.807, 2.05) is 0 Å². The van der Waals surface area contributed by atoms with Crippen molar-refractivity contribution in [1.29, 1.82) is 0 Å². The molecular formula is C9H4F13NO4S. The molecule has 0 saturated carbocycles. The van der Waals surface area contributed by atoms with Gasteiger partial charge in [0.1, 0.15) is 0 Å². The number of carbonyl (C=O) groups excluding carboxylic acids is 1. The van der Waals surface area contributed by atoms with E-state index in [1.54, 1.807) is 0 Å². The number of halogens is 13. The normalized spacial score (nSPS) is 17.0. The summed E-state index contributed by atoms with van der Waals surface area (Å²) in [4.78, 5) is 10.6. The number of rotatable bonds is 7. The highest BCUT2D eigenvalue weighted by atomic mass is 32.2. The zero-order valence-corrected chi connectivity index (χ0v) is 13.1. The molecule has 0 fully saturated rings. The number of alkyl halides is 13. The van der Waals surface area contributed by atoms with Crippen molar-refractivity contribution >= 4 is 16.0 Å². The zero-order chi connectivity index (χ0) is 23.2. The predicted molar refractivity (Wildman–Crippen MR) is 59.1 cm³/mol. The van der Waals surface area contributed by atoms with Crippen molar-refractivity contribution in [3.63, 3.8) is 0 Å². The first kappa shape index (κ1) is 26.2. The Morgan fingerprint density at radius 2 is 1.18 bits per heavy atom. The standard InChI is InChI=1S/C9H4F13NO4S/c1-2-3(24)27-9(22,7(17,18)19)23-28(25,26)8(20,21)5(12,13)4(10,11)6(14,15)16/h2,23H,1H2. The largest absolute Gasteiger partial charge is 0.478 e. The van der Waals surface area contributed by atoms with E-state index in [0.29, 0.717) is 0 Å². The summed E-state index contributed by atoms with van der Waals surface area (Å²) in [6, 6.07) is 0. The fraction of sp³-hybridized carbons (Fsp3) is 0.667. The van der Waals surface area contributed by atoms with Gasteiger partial charge in [-0.3, -0.25) is 0 Å². The Morgan fingerprint density at radius 3 is 1.46 bits per heavy atom. The summed E-state index contributed by atoms with van der Waals surface area (Å²) >= 11 is 0. The van der Waals surface area contributed by atoms with E-state index in [-0.39, 0.29) is 6.08 Å². The van der Waals surface area contributed by atoms with Crippen LogP contribution >= 0.6 is 0 Å². The van der Waals surface area contributed by atoms with Crippen LogP contribution in [0.3, 0.4) is 0 Å². The summed E-state index contributed by atoms with van der Waals surface area (Å²) in [6.07, 6.45) is -14.7. The lowest BCUT2D eigenvalue weighted by molar-refractivity contribution is -0.382. The third-order valence-corrected chi connectivity index (χ3v) is 3.95. The third-order valence-electron chi connectivity index (χ3n) is 2.49. The van der Waals surface area contributed by atoms with Gasteiger partial charge in [-0.15, -0.1) is 4.72 Å². The molecule has 0 aromatic rings. The summed E-state index contributed by atoms with van der Waals surface area (Å²) < 4.78 is 188. The first-order valence-corrected chi connectivity index (χ1v) is 7.24. The van der Waals surface area contributed by atoms with Crippen LogP contribution in [-0.2, 0) is 19.6 Å². The predicted octanol–water partition coefficient (Wildman–Crippen LogP) is 3.25. The number of hydrogen-bond acceptors (Lipinski definition) is 4. The summed E-state index contributed by atoms with van der Waals surface area (Å²) in [5.41, 5.74) is 0. The summed E-state index contributed by atoms with van der Waals surface area (Å²) in [7, 11) is -8.08. The fourth-order valence-electron chi connectivity index (χ4n) is 1.08. The SMILES string of the molecule is C=CC(=O)OC(F)(NS(=O)(=O)C(F)(F)C(F)(F)C(F)(F)C(F)(F)F)C(F)(F)F. The molecule has 0 aliphatic rings. The molecule has 0 aromatic carbocycles. The van der Waals surface area contributed by atoms with Crippen LogP contribution in [0.15, 0.2) is 12.7 Å². The lowest BCUT2D eigenvalue weighted by atomic mass is 10.1. The number of sulfonamides is 1. The maximum Gasteiger partial charge on any atom is 0.478 e. The molecule has 0 radical (unpaired) electrons.